The molecule has 0 radical (unpaired) electrons. The van der Waals surface area contributed by atoms with Crippen LogP contribution in [0.5, 0.6) is 11.5 Å². The number of rotatable bonds is 7. The predicted molar refractivity (Wildman–Crippen MR) is 146 cm³/mol. The number of hydrogen-bond donors (Lipinski definition) is 2. The second kappa shape index (κ2) is 11.9. The van der Waals surface area contributed by atoms with Gasteiger partial charge in [0.1, 0.15) is 11.9 Å². The number of aryl methyl sites for hydroxylation is 1. The number of nitrogens with one attached hydrogen (secondary N) is 2. The van der Waals surface area contributed by atoms with E-state index in [9.17, 15) is 32.8 Å². The number of benzene rings is 2. The number of halogens is 4. The molecule has 42 heavy (non-hydrogen) atoms. The number of nitriles is 1. The van der Waals surface area contributed by atoms with E-state index in [1.807, 2.05) is 0 Å². The molecule has 2 amide bonds. The van der Waals surface area contributed by atoms with Crippen LogP contribution in [0.3, 0.4) is 0 Å². The molecule has 2 N–H and O–H groups in total. The molecular formula is C29H27ClF3N5O4. The maximum atomic E-state index is 14.8. The van der Waals surface area contributed by atoms with Crippen molar-refractivity contribution in [1.82, 2.24) is 20.4 Å². The molecule has 2 heterocycles. The van der Waals surface area contributed by atoms with E-state index in [4.69, 9.17) is 16.3 Å². The number of carbonyl (C=O) groups is 2. The summed E-state index contributed by atoms with van der Waals surface area (Å²) in [7, 11) is 0. The summed E-state index contributed by atoms with van der Waals surface area (Å²) in [6, 6.07) is 6.35. The lowest BCUT2D eigenvalue weighted by Gasteiger charge is -2.38. The maximum Gasteiger partial charge on any atom is 0.307 e. The molecular weight excluding hydrogens is 575 g/mol. The van der Waals surface area contributed by atoms with Gasteiger partial charge in [0.15, 0.2) is 23.1 Å². The number of hydrogen-bond acceptors (Lipinski definition) is 6. The highest BCUT2D eigenvalue weighted by molar-refractivity contribution is 6.30. The van der Waals surface area contributed by atoms with E-state index < -0.39 is 75.4 Å². The van der Waals surface area contributed by atoms with E-state index in [0.717, 1.165) is 6.07 Å². The molecule has 1 unspecified atom stereocenters. The molecule has 1 aliphatic rings. The number of likely N-dealkylation sites (tertiary alicyclic amines) is 1. The molecule has 0 spiro atoms. The van der Waals surface area contributed by atoms with Crippen LogP contribution in [-0.4, -0.2) is 39.0 Å². The number of aromatic nitrogens is 2. The fraction of sp³-hybridized carbons (Fsp3) is 0.345. The molecule has 1 fully saturated rings. The van der Waals surface area contributed by atoms with Crippen molar-refractivity contribution in [2.75, 3.05) is 0 Å². The minimum atomic E-state index is -1.26. The molecule has 9 nitrogen and oxygen atoms in total. The Morgan fingerprint density at radius 1 is 1.17 bits per heavy atom. The Hall–Kier alpha value is -4.37. The number of carbonyl (C=O) groups excluding carboxylic acids is 2. The second-order valence-electron chi connectivity index (χ2n) is 10.7. The van der Waals surface area contributed by atoms with Gasteiger partial charge in [-0.2, -0.15) is 10.4 Å². The Balaban J connectivity index is 1.58. The molecule has 220 valence electrons. The summed E-state index contributed by atoms with van der Waals surface area (Å²) in [4.78, 5) is 40.1. The molecule has 1 saturated heterocycles. The Labute approximate surface area is 244 Å². The lowest BCUT2D eigenvalue weighted by molar-refractivity contribution is -0.137. The Kier molecular flexibility index (Phi) is 8.63. The number of ether oxygens (including phenoxy) is 1. The summed E-state index contributed by atoms with van der Waals surface area (Å²) in [5, 5.41) is 18.2. The first-order valence-corrected chi connectivity index (χ1v) is 13.3. The molecule has 0 saturated carbocycles. The van der Waals surface area contributed by atoms with E-state index in [-0.39, 0.29) is 5.02 Å². The largest absolute Gasteiger partial charge is 0.445 e. The Bertz CT molecular complexity index is 1610. The molecule has 13 heteroatoms. The van der Waals surface area contributed by atoms with E-state index in [2.05, 4.69) is 21.6 Å². The first-order chi connectivity index (χ1) is 19.7. The molecule has 1 aliphatic heterocycles. The van der Waals surface area contributed by atoms with Crippen LogP contribution < -0.4 is 15.6 Å². The van der Waals surface area contributed by atoms with Gasteiger partial charge in [0.25, 0.3) is 5.91 Å². The molecule has 0 bridgehead atoms. The number of H-pyrrole nitrogens is 1. The van der Waals surface area contributed by atoms with Gasteiger partial charge in [-0.1, -0.05) is 11.6 Å². The van der Waals surface area contributed by atoms with Gasteiger partial charge in [-0.3, -0.25) is 14.4 Å². The predicted octanol–water partition coefficient (Wildman–Crippen LogP) is 5.34. The summed E-state index contributed by atoms with van der Waals surface area (Å²) >= 11 is 6.06. The van der Waals surface area contributed by atoms with Gasteiger partial charge < -0.3 is 15.0 Å². The third-order valence-corrected chi connectivity index (χ3v) is 7.34. The first kappa shape index (κ1) is 30.6. The quantitative estimate of drug-likeness (QED) is 0.376. The first-order valence-electron chi connectivity index (χ1n) is 13.0. The monoisotopic (exact) mass is 601 g/mol. The minimum absolute atomic E-state index is 0.141. The van der Waals surface area contributed by atoms with Crippen molar-refractivity contribution in [3.05, 3.63) is 86.0 Å². The summed E-state index contributed by atoms with van der Waals surface area (Å²) in [6.45, 7) is 6.29. The topological polar surface area (TPSA) is 128 Å². The second-order valence-corrected chi connectivity index (χ2v) is 11.1. The maximum absolute atomic E-state index is 14.8. The number of amides is 2. The van der Waals surface area contributed by atoms with Gasteiger partial charge >= 0.3 is 5.56 Å². The van der Waals surface area contributed by atoms with Crippen LogP contribution in [0.2, 0.25) is 5.02 Å². The van der Waals surface area contributed by atoms with Crippen molar-refractivity contribution in [1.29, 1.82) is 5.26 Å². The highest BCUT2D eigenvalue weighted by Crippen LogP contribution is 2.44. The fourth-order valence-corrected chi connectivity index (χ4v) is 5.25. The standard InChI is InChI=1S/C29H27ClF3N5O4/c1-14-7-23(27(40)37-36-14)42-25-20(32)10-17(11-21(25)33)26(39)35-15(2)28(41)38-22(5-6-24(38)29(3,4)13-34)16-8-18(30)12-19(31)9-16/h7-12,15,22,24H,5-6H2,1-4H3,(H,35,39)(H,37,40)/t15?,22-,24+/m0/s1. The molecule has 4 rings (SSSR count). The fourth-order valence-electron chi connectivity index (χ4n) is 5.02. The van der Waals surface area contributed by atoms with Crippen LogP contribution >= 0.6 is 11.6 Å². The number of aromatic amines is 1. The smallest absolute Gasteiger partial charge is 0.307 e. The summed E-state index contributed by atoms with van der Waals surface area (Å²) in [5.74, 6) is -5.94. The normalized spacial score (nSPS) is 17.5. The van der Waals surface area contributed by atoms with E-state index in [0.29, 0.717) is 36.2 Å². The molecule has 0 aliphatic carbocycles. The summed E-state index contributed by atoms with van der Waals surface area (Å²) in [6.07, 6.45) is 0.850. The molecule has 1 aromatic heterocycles. The van der Waals surface area contributed by atoms with Gasteiger partial charge in [-0.15, -0.1) is 0 Å². The lowest BCUT2D eigenvalue weighted by atomic mass is 9.84. The summed E-state index contributed by atoms with van der Waals surface area (Å²) < 4.78 is 49.0. The van der Waals surface area contributed by atoms with E-state index in [1.165, 1.54) is 36.9 Å². The lowest BCUT2D eigenvalue weighted by Crippen LogP contribution is -2.52. The SMILES string of the molecule is Cc1cc(Oc2c(F)cc(C(=O)NC(C)C(=O)N3[C@H](c4cc(F)cc(Cl)c4)CC[C@@H]3C(C)(C)C#N)cc2F)c(=O)[nH]n1. The average Bonchev–Trinajstić information content (AvgIpc) is 3.37. The van der Waals surface area contributed by atoms with Gasteiger partial charge in [-0.05, 0) is 76.4 Å². The van der Waals surface area contributed by atoms with Crippen molar-refractivity contribution in [3.63, 3.8) is 0 Å². The Morgan fingerprint density at radius 3 is 2.45 bits per heavy atom. The average molecular weight is 602 g/mol. The van der Waals surface area contributed by atoms with Gasteiger partial charge in [0.05, 0.1) is 29.3 Å². The van der Waals surface area contributed by atoms with Crippen LogP contribution in [0.4, 0.5) is 13.2 Å². The van der Waals surface area contributed by atoms with Crippen molar-refractivity contribution in [3.8, 4) is 17.6 Å². The number of nitrogens with zero attached hydrogens (tertiary/aromatic N) is 3. The van der Waals surface area contributed by atoms with Gasteiger partial charge in [0, 0.05) is 16.7 Å². The van der Waals surface area contributed by atoms with E-state index in [1.54, 1.807) is 13.8 Å². The highest BCUT2D eigenvalue weighted by Gasteiger charge is 2.46. The van der Waals surface area contributed by atoms with Crippen molar-refractivity contribution < 1.29 is 27.5 Å². The molecule has 3 atom stereocenters. The van der Waals surface area contributed by atoms with Gasteiger partial charge in [0.2, 0.25) is 5.91 Å². The van der Waals surface area contributed by atoms with Crippen molar-refractivity contribution >= 4 is 23.4 Å². The van der Waals surface area contributed by atoms with Crippen molar-refractivity contribution in [2.24, 2.45) is 5.41 Å². The van der Waals surface area contributed by atoms with Crippen molar-refractivity contribution in [2.45, 2.75) is 58.7 Å². The highest BCUT2D eigenvalue weighted by atomic mass is 35.5. The van der Waals surface area contributed by atoms with E-state index >= 15 is 0 Å². The minimum Gasteiger partial charge on any atom is -0.445 e. The zero-order valence-corrected chi connectivity index (χ0v) is 23.9. The van der Waals surface area contributed by atoms with Crippen LogP contribution in [0.25, 0.3) is 0 Å². The zero-order chi connectivity index (χ0) is 30.9. The van der Waals surface area contributed by atoms with Crippen LogP contribution in [0.15, 0.2) is 41.2 Å². The molecule has 2 aromatic carbocycles. The Morgan fingerprint density at radius 2 is 1.83 bits per heavy atom. The zero-order valence-electron chi connectivity index (χ0n) is 23.1. The van der Waals surface area contributed by atoms with Gasteiger partial charge in [-0.25, -0.2) is 18.3 Å². The van der Waals surface area contributed by atoms with Crippen LogP contribution in [0.1, 0.15) is 61.3 Å². The van der Waals surface area contributed by atoms with Crippen LogP contribution in [-0.2, 0) is 4.79 Å². The summed E-state index contributed by atoms with van der Waals surface area (Å²) in [5.41, 5.74) is -1.47. The van der Waals surface area contributed by atoms with Crippen LogP contribution in [0, 0.1) is 41.1 Å². The third kappa shape index (κ3) is 6.26. The molecule has 3 aromatic rings. The third-order valence-electron chi connectivity index (χ3n) is 7.12.